The van der Waals surface area contributed by atoms with E-state index in [9.17, 15) is 0 Å². The molecule has 0 saturated heterocycles. The molecule has 2 heterocycles. The molecule has 7 aromatic rings. The zero-order valence-electron chi connectivity index (χ0n) is 44.8. The number of nitrogens with zero attached hydrogens (tertiary/aromatic N) is 2. The highest BCUT2D eigenvalue weighted by molar-refractivity contribution is 7.00. The monoisotopic (exact) mass is 917 g/mol. The minimum atomic E-state index is -0.152. The molecule has 70 heavy (non-hydrogen) atoms. The van der Waals surface area contributed by atoms with Crippen molar-refractivity contribution in [3.8, 4) is 22.3 Å². The summed E-state index contributed by atoms with van der Waals surface area (Å²) in [5.74, 6) is 0. The van der Waals surface area contributed by atoms with Gasteiger partial charge in [0, 0.05) is 39.5 Å². The van der Waals surface area contributed by atoms with E-state index in [2.05, 4.69) is 235 Å². The molecule has 0 fully saturated rings. The van der Waals surface area contributed by atoms with Crippen molar-refractivity contribution in [3.63, 3.8) is 0 Å². The van der Waals surface area contributed by atoms with Crippen molar-refractivity contribution >= 4 is 57.2 Å². The van der Waals surface area contributed by atoms with E-state index in [0.29, 0.717) is 0 Å². The lowest BCUT2D eigenvalue weighted by Crippen LogP contribution is -2.62. The van der Waals surface area contributed by atoms with Crippen molar-refractivity contribution in [2.45, 2.75) is 162 Å². The Balaban J connectivity index is 1.26. The van der Waals surface area contributed by atoms with Crippen molar-refractivity contribution in [2.24, 2.45) is 0 Å². The number of aryl methyl sites for hydroxylation is 2. The molecule has 3 aliphatic carbocycles. The largest absolute Gasteiger partial charge is 0.311 e. The first-order valence-corrected chi connectivity index (χ1v) is 26.5. The molecule has 0 saturated carbocycles. The van der Waals surface area contributed by atoms with Crippen LogP contribution >= 0.6 is 0 Å². The maximum absolute atomic E-state index is 2.74. The van der Waals surface area contributed by atoms with Gasteiger partial charge in [0.15, 0.2) is 0 Å². The van der Waals surface area contributed by atoms with E-state index in [1.807, 2.05) is 0 Å². The van der Waals surface area contributed by atoms with E-state index < -0.39 is 0 Å². The number of hydrogen-bond acceptors (Lipinski definition) is 2. The molecule has 12 rings (SSSR count). The van der Waals surface area contributed by atoms with Gasteiger partial charge in [-0.15, -0.1) is 0 Å². The van der Waals surface area contributed by atoms with Gasteiger partial charge in [-0.05, 0) is 192 Å². The van der Waals surface area contributed by atoms with Crippen LogP contribution in [0.25, 0.3) is 22.3 Å². The molecule has 0 unspecified atom stereocenters. The number of anilines is 6. The molecular formula is C67H73BN2. The predicted octanol–water partition coefficient (Wildman–Crippen LogP) is 16.4. The zero-order valence-corrected chi connectivity index (χ0v) is 44.8. The highest BCUT2D eigenvalue weighted by atomic mass is 15.2. The molecule has 2 nitrogen and oxygen atoms in total. The van der Waals surface area contributed by atoms with Gasteiger partial charge in [-0.2, -0.15) is 0 Å². The molecule has 3 heteroatoms. The summed E-state index contributed by atoms with van der Waals surface area (Å²) < 4.78 is 0. The molecule has 0 amide bonds. The van der Waals surface area contributed by atoms with Crippen LogP contribution in [0.3, 0.4) is 0 Å². The van der Waals surface area contributed by atoms with Gasteiger partial charge in [0.2, 0.25) is 0 Å². The van der Waals surface area contributed by atoms with Crippen LogP contribution in [0.1, 0.15) is 166 Å². The van der Waals surface area contributed by atoms with Crippen LogP contribution in [0.2, 0.25) is 0 Å². The summed E-state index contributed by atoms with van der Waals surface area (Å²) >= 11 is 0. The Hall–Kier alpha value is -5.80. The van der Waals surface area contributed by atoms with E-state index in [4.69, 9.17) is 0 Å². The Morgan fingerprint density at radius 3 is 1.47 bits per heavy atom. The molecule has 0 aromatic heterocycles. The summed E-state index contributed by atoms with van der Waals surface area (Å²) in [6.45, 7) is 36.5. The van der Waals surface area contributed by atoms with Gasteiger partial charge in [-0.3, -0.25) is 0 Å². The second kappa shape index (κ2) is 14.7. The second-order valence-electron chi connectivity index (χ2n) is 26.5. The number of benzene rings is 7. The molecule has 0 bridgehead atoms. The van der Waals surface area contributed by atoms with Crippen LogP contribution in [0, 0.1) is 13.8 Å². The third-order valence-electron chi connectivity index (χ3n) is 18.6. The SMILES string of the molecule is Cc1cc(C(C)(C)C)ccc1N1c2cc3c(cc2B2c4cc5c(cc4N(c4cc6c(cc4C)C(C)(C)CCC6(C)C)c4cc(-c6ccccc6)cc1c42)-c1ccccc1C5(C)C)C(C)(C)CCC3(C)C. The van der Waals surface area contributed by atoms with Crippen LogP contribution in [-0.2, 0) is 32.5 Å². The Labute approximate surface area is 420 Å². The van der Waals surface area contributed by atoms with Gasteiger partial charge in [-0.1, -0.05) is 175 Å². The summed E-state index contributed by atoms with van der Waals surface area (Å²) in [4.78, 5) is 5.45. The third kappa shape index (κ3) is 6.44. The van der Waals surface area contributed by atoms with Crippen LogP contribution in [0.15, 0.2) is 121 Å². The number of rotatable bonds is 3. The zero-order chi connectivity index (χ0) is 49.4. The fraction of sp³-hybridized carbons (Fsp3) is 0.373. The fourth-order valence-corrected chi connectivity index (χ4v) is 13.9. The lowest BCUT2D eigenvalue weighted by molar-refractivity contribution is 0.332. The lowest BCUT2D eigenvalue weighted by Gasteiger charge is -2.48. The van der Waals surface area contributed by atoms with Gasteiger partial charge in [0.05, 0.1) is 0 Å². The first-order valence-electron chi connectivity index (χ1n) is 26.5. The summed E-state index contributed by atoms with van der Waals surface area (Å²) in [5.41, 5.74) is 30.1. The Bertz CT molecular complexity index is 3370. The maximum atomic E-state index is 2.74. The normalized spacial score (nSPS) is 19.0. The van der Waals surface area contributed by atoms with Gasteiger partial charge >= 0.3 is 0 Å². The predicted molar refractivity (Wildman–Crippen MR) is 302 cm³/mol. The highest BCUT2D eigenvalue weighted by Gasteiger charge is 2.49. The molecule has 2 aliphatic heterocycles. The van der Waals surface area contributed by atoms with Crippen molar-refractivity contribution < 1.29 is 0 Å². The van der Waals surface area contributed by atoms with E-state index in [0.717, 1.165) is 0 Å². The molecule has 0 N–H and O–H groups in total. The van der Waals surface area contributed by atoms with Gasteiger partial charge in [0.25, 0.3) is 6.71 Å². The molecule has 0 radical (unpaired) electrons. The summed E-state index contributed by atoms with van der Waals surface area (Å²) in [5, 5.41) is 0. The molecular weight excluding hydrogens is 844 g/mol. The number of hydrogen-bond donors (Lipinski definition) is 0. The maximum Gasteiger partial charge on any atom is 0.252 e. The van der Waals surface area contributed by atoms with Crippen molar-refractivity contribution in [1.29, 1.82) is 0 Å². The Kier molecular flexibility index (Phi) is 9.49. The summed E-state index contributed by atoms with van der Waals surface area (Å²) in [6.07, 6.45) is 4.70. The first kappa shape index (κ1) is 45.4. The van der Waals surface area contributed by atoms with Crippen LogP contribution in [0.5, 0.6) is 0 Å². The first-order chi connectivity index (χ1) is 32.9. The highest BCUT2D eigenvalue weighted by Crippen LogP contribution is 2.56. The van der Waals surface area contributed by atoms with E-state index in [1.54, 1.807) is 0 Å². The molecule has 0 atom stereocenters. The second-order valence-corrected chi connectivity index (χ2v) is 26.5. The Morgan fingerprint density at radius 2 is 0.886 bits per heavy atom. The molecule has 5 aliphatic rings. The lowest BCUT2D eigenvalue weighted by atomic mass is 9.32. The van der Waals surface area contributed by atoms with E-state index in [-0.39, 0.29) is 39.2 Å². The smallest absolute Gasteiger partial charge is 0.252 e. The van der Waals surface area contributed by atoms with Gasteiger partial charge in [-0.25, -0.2) is 0 Å². The molecule has 354 valence electrons. The molecule has 0 spiro atoms. The van der Waals surface area contributed by atoms with Gasteiger partial charge < -0.3 is 9.80 Å². The van der Waals surface area contributed by atoms with E-state index in [1.165, 1.54) is 149 Å². The average molecular weight is 917 g/mol. The Morgan fingerprint density at radius 1 is 0.400 bits per heavy atom. The molecule has 7 aromatic carbocycles. The third-order valence-corrected chi connectivity index (χ3v) is 18.6. The summed E-state index contributed by atoms with van der Waals surface area (Å²) in [7, 11) is 0. The van der Waals surface area contributed by atoms with Gasteiger partial charge in [0.1, 0.15) is 0 Å². The average Bonchev–Trinajstić information content (AvgIpc) is 3.53. The van der Waals surface area contributed by atoms with Crippen molar-refractivity contribution in [2.75, 3.05) is 9.80 Å². The standard InChI is InChI=1S/C67H73BN2/c1-40-31-44(62(3,4)5)25-26-55(40)69-58-39-52-50(64(8,9)28-30-66(52,12)13)37-54(58)68-53-36-48-46(45-23-19-20-24-47(45)67(48,14)15)35-57(53)70(60-34-43(33-59(69)61(60)68)42-21-17-16-18-22-42)56-38-51-49(32-41(56)2)63(6,7)27-29-65(51,10)11/h16-26,31-39H,27-30H2,1-15H3. The van der Waals surface area contributed by atoms with Crippen molar-refractivity contribution in [3.05, 3.63) is 171 Å². The summed E-state index contributed by atoms with van der Waals surface area (Å²) in [6, 6.07) is 48.7. The van der Waals surface area contributed by atoms with Crippen molar-refractivity contribution in [1.82, 2.24) is 0 Å². The topological polar surface area (TPSA) is 6.48 Å². The van der Waals surface area contributed by atoms with E-state index >= 15 is 0 Å². The van der Waals surface area contributed by atoms with Crippen LogP contribution in [-0.4, -0.2) is 6.71 Å². The minimum absolute atomic E-state index is 0.00531. The van der Waals surface area contributed by atoms with Crippen LogP contribution < -0.4 is 26.2 Å². The quantitative estimate of drug-likeness (QED) is 0.163. The fourth-order valence-electron chi connectivity index (χ4n) is 13.9. The minimum Gasteiger partial charge on any atom is -0.311 e. The van der Waals surface area contributed by atoms with Crippen LogP contribution in [0.4, 0.5) is 34.1 Å². The number of fused-ring (bicyclic) bond motifs is 9.